The van der Waals surface area contributed by atoms with Crippen molar-refractivity contribution in [2.75, 3.05) is 11.5 Å². The van der Waals surface area contributed by atoms with E-state index in [0.717, 1.165) is 16.7 Å². The van der Waals surface area contributed by atoms with E-state index in [2.05, 4.69) is 18.7 Å². The molecule has 3 aliphatic rings. The van der Waals surface area contributed by atoms with E-state index in [4.69, 9.17) is 0 Å². The second-order valence-electron chi connectivity index (χ2n) is 4.96. The Morgan fingerprint density at radius 1 is 1.18 bits per heavy atom. The lowest BCUT2D eigenvalue weighted by molar-refractivity contribution is 0.179. The highest BCUT2D eigenvalue weighted by molar-refractivity contribution is 7.99. The molecule has 1 atom stereocenters. The Bertz CT molecular complexity index is 180. The molecule has 62 valence electrons. The average Bonchev–Trinajstić information content (AvgIpc) is 2.50. The second kappa shape index (κ2) is 1.81. The summed E-state index contributed by atoms with van der Waals surface area (Å²) in [4.78, 5) is 0. The summed E-state index contributed by atoms with van der Waals surface area (Å²) in [6, 6.07) is 0. The number of rotatable bonds is 0. The summed E-state index contributed by atoms with van der Waals surface area (Å²) in [6.07, 6.45) is 6.22. The van der Waals surface area contributed by atoms with Crippen molar-refractivity contribution in [2.45, 2.75) is 32.6 Å². The van der Waals surface area contributed by atoms with E-state index in [1.807, 2.05) is 0 Å². The zero-order chi connectivity index (χ0) is 7.53. The van der Waals surface area contributed by atoms with Gasteiger partial charge in [-0.25, -0.2) is 0 Å². The fourth-order valence-electron chi connectivity index (χ4n) is 3.85. The lowest BCUT2D eigenvalue weighted by atomic mass is 9.71. The molecule has 2 bridgehead atoms. The highest BCUT2D eigenvalue weighted by Crippen LogP contribution is 2.71. The van der Waals surface area contributed by atoms with Crippen LogP contribution in [0.1, 0.15) is 32.6 Å². The zero-order valence-corrected chi connectivity index (χ0v) is 8.04. The van der Waals surface area contributed by atoms with Crippen molar-refractivity contribution >= 4 is 11.8 Å². The Kier molecular flexibility index (Phi) is 1.12. The highest BCUT2D eigenvalue weighted by atomic mass is 32.2. The standard InChI is InChI=1S/C10H16S/c1-9-6-11-7-10(9)4-2-8(9)3-5-10/h8H,2-7H2,1H3. The lowest BCUT2D eigenvalue weighted by Gasteiger charge is -2.32. The van der Waals surface area contributed by atoms with Crippen LogP contribution >= 0.6 is 11.8 Å². The molecule has 0 aromatic rings. The van der Waals surface area contributed by atoms with Crippen LogP contribution in [-0.2, 0) is 0 Å². The topological polar surface area (TPSA) is 0 Å². The minimum absolute atomic E-state index is 0.775. The molecule has 0 aromatic carbocycles. The van der Waals surface area contributed by atoms with Crippen LogP contribution in [0, 0.1) is 16.7 Å². The van der Waals surface area contributed by atoms with Gasteiger partial charge in [-0.2, -0.15) is 11.8 Å². The first-order valence-electron chi connectivity index (χ1n) is 4.85. The van der Waals surface area contributed by atoms with E-state index in [-0.39, 0.29) is 0 Å². The molecule has 1 saturated heterocycles. The molecule has 2 saturated carbocycles. The van der Waals surface area contributed by atoms with Crippen molar-refractivity contribution in [3.8, 4) is 0 Å². The van der Waals surface area contributed by atoms with Crippen LogP contribution in [0.25, 0.3) is 0 Å². The molecule has 0 nitrogen and oxygen atoms in total. The van der Waals surface area contributed by atoms with Crippen molar-refractivity contribution in [3.63, 3.8) is 0 Å². The van der Waals surface area contributed by atoms with Gasteiger partial charge in [0.15, 0.2) is 0 Å². The molecule has 0 N–H and O–H groups in total. The van der Waals surface area contributed by atoms with Crippen LogP contribution < -0.4 is 0 Å². The van der Waals surface area contributed by atoms with Gasteiger partial charge in [0, 0.05) is 0 Å². The van der Waals surface area contributed by atoms with Gasteiger partial charge in [-0.1, -0.05) is 6.92 Å². The molecule has 0 radical (unpaired) electrons. The van der Waals surface area contributed by atoms with Gasteiger partial charge in [-0.15, -0.1) is 0 Å². The van der Waals surface area contributed by atoms with E-state index < -0.39 is 0 Å². The van der Waals surface area contributed by atoms with Crippen molar-refractivity contribution < 1.29 is 0 Å². The minimum atomic E-state index is 0.775. The molecule has 1 aliphatic heterocycles. The van der Waals surface area contributed by atoms with Gasteiger partial charge < -0.3 is 0 Å². The first-order valence-corrected chi connectivity index (χ1v) is 6.00. The van der Waals surface area contributed by atoms with Crippen LogP contribution in [0.15, 0.2) is 0 Å². The average molecular weight is 168 g/mol. The Morgan fingerprint density at radius 2 is 1.91 bits per heavy atom. The monoisotopic (exact) mass is 168 g/mol. The summed E-state index contributed by atoms with van der Waals surface area (Å²) in [5.74, 6) is 4.06. The van der Waals surface area contributed by atoms with Crippen molar-refractivity contribution in [1.29, 1.82) is 0 Å². The van der Waals surface area contributed by atoms with Gasteiger partial charge in [0.25, 0.3) is 0 Å². The smallest absolute Gasteiger partial charge is 0.000497 e. The zero-order valence-electron chi connectivity index (χ0n) is 7.23. The lowest BCUT2D eigenvalue weighted by Crippen LogP contribution is -2.30. The van der Waals surface area contributed by atoms with Crippen molar-refractivity contribution in [1.82, 2.24) is 0 Å². The Labute approximate surface area is 73.1 Å². The SMILES string of the molecule is CC12CSCC13CCC2CC3. The van der Waals surface area contributed by atoms with Crippen molar-refractivity contribution in [3.05, 3.63) is 0 Å². The molecule has 11 heavy (non-hydrogen) atoms. The van der Waals surface area contributed by atoms with Gasteiger partial charge in [-0.3, -0.25) is 0 Å². The number of thioether (sulfide) groups is 1. The van der Waals surface area contributed by atoms with Gasteiger partial charge in [-0.05, 0) is 53.9 Å². The molecule has 3 rings (SSSR count). The normalized spacial score (nSPS) is 60.3. The maximum Gasteiger partial charge on any atom is -0.000497 e. The second-order valence-corrected chi connectivity index (χ2v) is 5.95. The Balaban J connectivity index is 2.10. The van der Waals surface area contributed by atoms with Gasteiger partial charge >= 0.3 is 0 Å². The summed E-state index contributed by atoms with van der Waals surface area (Å²) in [6.45, 7) is 2.57. The molecule has 0 spiro atoms. The predicted molar refractivity (Wildman–Crippen MR) is 49.8 cm³/mol. The van der Waals surface area contributed by atoms with E-state index >= 15 is 0 Å². The highest BCUT2D eigenvalue weighted by Gasteiger charge is 2.63. The van der Waals surface area contributed by atoms with E-state index in [1.54, 1.807) is 25.7 Å². The maximum atomic E-state index is 2.57. The maximum absolute atomic E-state index is 2.57. The minimum Gasteiger partial charge on any atom is -0.161 e. The van der Waals surface area contributed by atoms with Crippen molar-refractivity contribution in [2.24, 2.45) is 16.7 Å². The largest absolute Gasteiger partial charge is 0.161 e. The van der Waals surface area contributed by atoms with Crippen LogP contribution in [-0.4, -0.2) is 11.5 Å². The third-order valence-electron chi connectivity index (χ3n) is 4.84. The molecular formula is C10H16S. The van der Waals surface area contributed by atoms with E-state index in [1.165, 1.54) is 11.5 Å². The van der Waals surface area contributed by atoms with Crippen LogP contribution in [0.5, 0.6) is 0 Å². The van der Waals surface area contributed by atoms with Gasteiger partial charge in [0.1, 0.15) is 0 Å². The van der Waals surface area contributed by atoms with Gasteiger partial charge in [0.2, 0.25) is 0 Å². The first kappa shape index (κ1) is 6.82. The fourth-order valence-corrected chi connectivity index (χ4v) is 5.93. The molecule has 1 heterocycles. The molecule has 0 amide bonds. The van der Waals surface area contributed by atoms with E-state index in [9.17, 15) is 0 Å². The van der Waals surface area contributed by atoms with Crippen LogP contribution in [0.3, 0.4) is 0 Å². The predicted octanol–water partition coefficient (Wildman–Crippen LogP) is 2.93. The first-order chi connectivity index (χ1) is 5.27. The van der Waals surface area contributed by atoms with Crippen LogP contribution in [0.2, 0.25) is 0 Å². The number of hydrogen-bond acceptors (Lipinski definition) is 1. The molecule has 1 heteroatoms. The molecular weight excluding hydrogens is 152 g/mol. The number of hydrogen-bond donors (Lipinski definition) is 0. The summed E-state index contributed by atoms with van der Waals surface area (Å²) < 4.78 is 0. The summed E-state index contributed by atoms with van der Waals surface area (Å²) >= 11 is 2.22. The molecule has 1 unspecified atom stereocenters. The van der Waals surface area contributed by atoms with Crippen LogP contribution in [0.4, 0.5) is 0 Å². The van der Waals surface area contributed by atoms with Gasteiger partial charge in [0.05, 0.1) is 0 Å². The summed E-state index contributed by atoms with van der Waals surface area (Å²) in [5.41, 5.74) is 1.60. The summed E-state index contributed by atoms with van der Waals surface area (Å²) in [7, 11) is 0. The quantitative estimate of drug-likeness (QED) is 0.536. The molecule has 2 aliphatic carbocycles. The fraction of sp³-hybridized carbons (Fsp3) is 1.00. The molecule has 0 aromatic heterocycles. The Hall–Kier alpha value is 0.350. The summed E-state index contributed by atoms with van der Waals surface area (Å²) in [5, 5.41) is 0. The third-order valence-corrected chi connectivity index (χ3v) is 6.40. The van der Waals surface area contributed by atoms with E-state index in [0.29, 0.717) is 0 Å². The third kappa shape index (κ3) is 0.577. The Morgan fingerprint density at radius 3 is 2.55 bits per heavy atom. The molecule has 3 fully saturated rings.